The molecule has 1 aliphatic carbocycles. The molecule has 1 aromatic carbocycles. The summed E-state index contributed by atoms with van der Waals surface area (Å²) in [6.07, 6.45) is 5.22. The van der Waals surface area contributed by atoms with Crippen molar-refractivity contribution in [2.45, 2.75) is 51.2 Å². The minimum Gasteiger partial charge on any atom is -0.370 e. The van der Waals surface area contributed by atoms with E-state index in [0.29, 0.717) is 24.2 Å². The number of hydrogen-bond acceptors (Lipinski definition) is 5. The van der Waals surface area contributed by atoms with Crippen molar-refractivity contribution in [1.29, 1.82) is 0 Å². The molecule has 4 rings (SSSR count). The number of benzene rings is 1. The highest BCUT2D eigenvalue weighted by molar-refractivity contribution is 5.92. The van der Waals surface area contributed by atoms with Gasteiger partial charge in [0.15, 0.2) is 11.8 Å². The van der Waals surface area contributed by atoms with Crippen molar-refractivity contribution >= 4 is 11.6 Å². The van der Waals surface area contributed by atoms with Gasteiger partial charge in [-0.3, -0.25) is 4.99 Å². The molecular weight excluding hydrogens is 318 g/mol. The lowest BCUT2D eigenvalue weighted by Gasteiger charge is -2.11. The van der Waals surface area contributed by atoms with Crippen LogP contribution in [0.15, 0.2) is 27.7 Å². The lowest BCUT2D eigenvalue weighted by Crippen LogP contribution is -2.24. The van der Waals surface area contributed by atoms with Gasteiger partial charge in [-0.15, -0.1) is 0 Å². The number of nitrogens with one attached hydrogen (secondary N) is 1. The van der Waals surface area contributed by atoms with Gasteiger partial charge in [0.1, 0.15) is 6.10 Å². The van der Waals surface area contributed by atoms with Crippen LogP contribution in [0.25, 0.3) is 0 Å². The molecule has 2 aromatic rings. The molecule has 0 radical (unpaired) electrons. The molecule has 1 aromatic heterocycles. The first kappa shape index (κ1) is 16.1. The maximum absolute atomic E-state index is 6.02. The first-order valence-corrected chi connectivity index (χ1v) is 8.82. The highest BCUT2D eigenvalue weighted by atomic mass is 16.5. The third-order valence-corrected chi connectivity index (χ3v) is 4.76. The van der Waals surface area contributed by atoms with Crippen molar-refractivity contribution in [3.63, 3.8) is 0 Å². The van der Waals surface area contributed by atoms with Crippen LogP contribution in [0.3, 0.4) is 0 Å². The molecule has 2 heterocycles. The fourth-order valence-electron chi connectivity index (χ4n) is 3.50. The van der Waals surface area contributed by atoms with E-state index in [9.17, 15) is 0 Å². The predicted octanol–water partition coefficient (Wildman–Crippen LogP) is 2.51. The molecule has 7 heteroatoms. The molecule has 1 saturated heterocycles. The van der Waals surface area contributed by atoms with Gasteiger partial charge in [0, 0.05) is 5.69 Å². The summed E-state index contributed by atoms with van der Waals surface area (Å²) in [5.41, 5.74) is 9.87. The molecule has 0 unspecified atom stereocenters. The van der Waals surface area contributed by atoms with Gasteiger partial charge < -0.3 is 20.3 Å². The van der Waals surface area contributed by atoms with E-state index in [1.807, 2.05) is 0 Å². The van der Waals surface area contributed by atoms with Crippen molar-refractivity contribution < 1.29 is 9.26 Å². The zero-order valence-corrected chi connectivity index (χ0v) is 14.4. The fourth-order valence-corrected chi connectivity index (χ4v) is 3.50. The van der Waals surface area contributed by atoms with Crippen LogP contribution >= 0.6 is 0 Å². The summed E-state index contributed by atoms with van der Waals surface area (Å²) >= 11 is 0. The Kier molecular flexibility index (Phi) is 4.40. The number of aliphatic imine (C=N–C) groups is 1. The molecule has 132 valence electrons. The molecule has 1 fully saturated rings. The Labute approximate surface area is 146 Å². The molecule has 25 heavy (non-hydrogen) atoms. The number of aryl methyl sites for hydroxylation is 3. The topological polar surface area (TPSA) is 98.6 Å². The molecule has 2 atom stereocenters. The van der Waals surface area contributed by atoms with Crippen molar-refractivity contribution in [2.75, 3.05) is 11.9 Å². The van der Waals surface area contributed by atoms with Crippen molar-refractivity contribution in [1.82, 2.24) is 10.1 Å². The normalized spacial score (nSPS) is 23.0. The smallest absolute Gasteiger partial charge is 0.255 e. The van der Waals surface area contributed by atoms with Gasteiger partial charge in [0.25, 0.3) is 5.89 Å². The van der Waals surface area contributed by atoms with E-state index < -0.39 is 0 Å². The molecule has 0 bridgehead atoms. The quantitative estimate of drug-likeness (QED) is 0.655. The number of fused-ring (bicyclic) bond motifs is 1. The summed E-state index contributed by atoms with van der Waals surface area (Å²) in [5.74, 6) is 1.59. The summed E-state index contributed by atoms with van der Waals surface area (Å²) in [6.45, 7) is 2.32. The monoisotopic (exact) mass is 341 g/mol. The average Bonchev–Trinajstić information content (AvgIpc) is 3.32. The number of anilines is 1. The summed E-state index contributed by atoms with van der Waals surface area (Å²) in [7, 11) is 0. The van der Waals surface area contributed by atoms with E-state index in [1.165, 1.54) is 24.0 Å². The SMILES string of the molecule is Cc1noc([C@@H]2CC[C@H](CN=C(N)Nc3ccc4c(c3)CCC4)O2)n1. The summed E-state index contributed by atoms with van der Waals surface area (Å²) < 4.78 is 11.1. The Hall–Kier alpha value is -2.41. The molecule has 7 nitrogen and oxygen atoms in total. The third-order valence-electron chi connectivity index (χ3n) is 4.76. The second-order valence-electron chi connectivity index (χ2n) is 6.69. The summed E-state index contributed by atoms with van der Waals surface area (Å²) in [5, 5.41) is 6.98. The van der Waals surface area contributed by atoms with Gasteiger partial charge in [0.2, 0.25) is 0 Å². The zero-order chi connectivity index (χ0) is 17.2. The van der Waals surface area contributed by atoms with Gasteiger partial charge in [-0.2, -0.15) is 4.98 Å². The van der Waals surface area contributed by atoms with Gasteiger partial charge in [-0.1, -0.05) is 11.2 Å². The average molecular weight is 341 g/mol. The van der Waals surface area contributed by atoms with E-state index >= 15 is 0 Å². The molecule has 2 aliphatic rings. The van der Waals surface area contributed by atoms with Crippen LogP contribution in [-0.4, -0.2) is 28.7 Å². The Bertz CT molecular complexity index is 786. The van der Waals surface area contributed by atoms with E-state index in [1.54, 1.807) is 6.92 Å². The second-order valence-corrected chi connectivity index (χ2v) is 6.69. The van der Waals surface area contributed by atoms with Gasteiger partial charge >= 0.3 is 0 Å². The zero-order valence-electron chi connectivity index (χ0n) is 14.4. The van der Waals surface area contributed by atoms with Crippen LogP contribution in [0.2, 0.25) is 0 Å². The highest BCUT2D eigenvalue weighted by Crippen LogP contribution is 2.31. The Morgan fingerprint density at radius 1 is 1.32 bits per heavy atom. The number of nitrogens with zero attached hydrogens (tertiary/aromatic N) is 3. The molecular formula is C18H23N5O2. The molecule has 0 saturated carbocycles. The molecule has 3 N–H and O–H groups in total. The number of rotatable bonds is 4. The van der Waals surface area contributed by atoms with E-state index in [-0.39, 0.29) is 12.2 Å². The number of hydrogen-bond donors (Lipinski definition) is 2. The first-order valence-electron chi connectivity index (χ1n) is 8.82. The van der Waals surface area contributed by atoms with Crippen LogP contribution in [0, 0.1) is 6.92 Å². The largest absolute Gasteiger partial charge is 0.370 e. The Morgan fingerprint density at radius 3 is 3.04 bits per heavy atom. The van der Waals surface area contributed by atoms with Gasteiger partial charge in [0.05, 0.1) is 12.6 Å². The Balaban J connectivity index is 1.31. The highest BCUT2D eigenvalue weighted by Gasteiger charge is 2.30. The van der Waals surface area contributed by atoms with Crippen molar-refractivity contribution in [2.24, 2.45) is 10.7 Å². The summed E-state index contributed by atoms with van der Waals surface area (Å²) in [6, 6.07) is 6.41. The molecule has 0 amide bonds. The molecule has 1 aliphatic heterocycles. The fraction of sp³-hybridized carbons (Fsp3) is 0.500. The van der Waals surface area contributed by atoms with Crippen molar-refractivity contribution in [3.8, 4) is 0 Å². The Morgan fingerprint density at radius 2 is 2.20 bits per heavy atom. The lowest BCUT2D eigenvalue weighted by molar-refractivity contribution is 0.0309. The van der Waals surface area contributed by atoms with E-state index in [4.69, 9.17) is 15.0 Å². The number of nitrogens with two attached hydrogens (primary N) is 1. The van der Waals surface area contributed by atoms with E-state index in [2.05, 4.69) is 38.6 Å². The van der Waals surface area contributed by atoms with Gasteiger partial charge in [-0.05, 0) is 62.3 Å². The third kappa shape index (κ3) is 3.66. The second kappa shape index (κ2) is 6.84. The lowest BCUT2D eigenvalue weighted by atomic mass is 10.1. The van der Waals surface area contributed by atoms with Crippen LogP contribution in [-0.2, 0) is 17.6 Å². The number of ether oxygens (including phenoxy) is 1. The van der Waals surface area contributed by atoms with Crippen LogP contribution < -0.4 is 11.1 Å². The summed E-state index contributed by atoms with van der Waals surface area (Å²) in [4.78, 5) is 8.65. The minimum atomic E-state index is -0.132. The number of guanidine groups is 1. The minimum absolute atomic E-state index is 0.0255. The van der Waals surface area contributed by atoms with Gasteiger partial charge in [-0.25, -0.2) is 0 Å². The van der Waals surface area contributed by atoms with Crippen molar-refractivity contribution in [3.05, 3.63) is 41.0 Å². The molecule has 0 spiro atoms. The van der Waals surface area contributed by atoms with Crippen LogP contribution in [0.5, 0.6) is 0 Å². The van der Waals surface area contributed by atoms with Crippen LogP contribution in [0.1, 0.15) is 48.2 Å². The predicted molar refractivity (Wildman–Crippen MR) is 94.5 cm³/mol. The van der Waals surface area contributed by atoms with E-state index in [0.717, 1.165) is 24.9 Å². The maximum Gasteiger partial charge on any atom is 0.255 e. The maximum atomic E-state index is 6.02. The van der Waals surface area contributed by atoms with Crippen LogP contribution in [0.4, 0.5) is 5.69 Å². The standard InChI is InChI=1S/C18H23N5O2/c1-11-21-17(25-23-11)16-8-7-15(24-16)10-20-18(19)22-14-6-5-12-3-2-4-13(12)9-14/h5-6,9,15-16H,2-4,7-8,10H2,1H3,(H3,19,20,22)/t15-,16+/m1/s1. The first-order chi connectivity index (χ1) is 12.2. The number of aromatic nitrogens is 2.